The van der Waals surface area contributed by atoms with Crippen LogP contribution < -0.4 is 11.2 Å². The van der Waals surface area contributed by atoms with E-state index in [0.717, 1.165) is 17.6 Å². The highest BCUT2D eigenvalue weighted by Crippen LogP contribution is 2.36. The second-order valence-electron chi connectivity index (χ2n) is 4.62. The zero-order chi connectivity index (χ0) is 15.6. The summed E-state index contributed by atoms with van der Waals surface area (Å²) in [5.74, 6) is -0.620. The van der Waals surface area contributed by atoms with E-state index in [0.29, 0.717) is 0 Å². The summed E-state index contributed by atoms with van der Waals surface area (Å²) >= 11 is 0. The lowest BCUT2D eigenvalue weighted by Gasteiger charge is -2.23. The van der Waals surface area contributed by atoms with Gasteiger partial charge < -0.3 is 14.6 Å². The van der Waals surface area contributed by atoms with Crippen molar-refractivity contribution in [1.29, 1.82) is 5.26 Å². The molecule has 1 unspecified atom stereocenters. The third kappa shape index (κ3) is 2.86. The molecule has 9 heteroatoms. The van der Waals surface area contributed by atoms with Crippen LogP contribution in [0.5, 0.6) is 0 Å². The van der Waals surface area contributed by atoms with E-state index in [1.165, 1.54) is 6.20 Å². The molecule has 0 bridgehead atoms. The van der Waals surface area contributed by atoms with E-state index in [-0.39, 0.29) is 6.42 Å². The van der Waals surface area contributed by atoms with Gasteiger partial charge in [-0.2, -0.15) is 5.26 Å². The third-order valence-electron chi connectivity index (χ3n) is 3.15. The van der Waals surface area contributed by atoms with E-state index in [1.807, 2.05) is 4.98 Å². The van der Waals surface area contributed by atoms with Crippen LogP contribution in [0.25, 0.3) is 0 Å². The van der Waals surface area contributed by atoms with Gasteiger partial charge in [0.15, 0.2) is 0 Å². The molecule has 1 aromatic heterocycles. The quantitative estimate of drug-likeness (QED) is 0.658. The van der Waals surface area contributed by atoms with Crippen LogP contribution in [0.1, 0.15) is 19.6 Å². The van der Waals surface area contributed by atoms with Crippen LogP contribution in [-0.2, 0) is 14.3 Å². The number of hydrogen-bond donors (Lipinski definition) is 2. The van der Waals surface area contributed by atoms with Gasteiger partial charge in [0, 0.05) is 25.6 Å². The van der Waals surface area contributed by atoms with Gasteiger partial charge in [-0.25, -0.2) is 4.79 Å². The van der Waals surface area contributed by atoms with Crippen molar-refractivity contribution < 1.29 is 19.4 Å². The van der Waals surface area contributed by atoms with Crippen molar-refractivity contribution in [3.8, 4) is 6.07 Å². The van der Waals surface area contributed by atoms with Gasteiger partial charge >= 0.3 is 11.7 Å². The molecule has 1 saturated heterocycles. The normalized spacial score (nSPS) is 28.0. The first-order valence-electron chi connectivity index (χ1n) is 6.10. The molecule has 112 valence electrons. The van der Waals surface area contributed by atoms with Crippen molar-refractivity contribution >= 4 is 5.97 Å². The Morgan fingerprint density at radius 2 is 2.43 bits per heavy atom. The maximum absolute atomic E-state index is 11.7. The fourth-order valence-corrected chi connectivity index (χ4v) is 2.05. The van der Waals surface area contributed by atoms with Crippen LogP contribution in [0.15, 0.2) is 21.9 Å². The number of aliphatic hydroxyl groups is 1. The Morgan fingerprint density at radius 3 is 3.00 bits per heavy atom. The molecule has 0 amide bonds. The average Bonchev–Trinajstić information content (AvgIpc) is 2.74. The highest BCUT2D eigenvalue weighted by Gasteiger charge is 2.50. The summed E-state index contributed by atoms with van der Waals surface area (Å²) in [6.45, 7) is 0.713. The van der Waals surface area contributed by atoms with Crippen LogP contribution in [0.4, 0.5) is 0 Å². The Morgan fingerprint density at radius 1 is 1.71 bits per heavy atom. The minimum atomic E-state index is -1.74. The van der Waals surface area contributed by atoms with Gasteiger partial charge in [0.25, 0.3) is 5.56 Å². The minimum Gasteiger partial charge on any atom is -0.462 e. The minimum absolute atomic E-state index is 0.0548. The number of carbonyl (C=O) groups excluding carboxylic acids is 1. The van der Waals surface area contributed by atoms with E-state index in [9.17, 15) is 24.8 Å². The van der Waals surface area contributed by atoms with E-state index < -0.39 is 41.8 Å². The van der Waals surface area contributed by atoms with E-state index >= 15 is 0 Å². The van der Waals surface area contributed by atoms with Crippen molar-refractivity contribution in [2.45, 2.75) is 31.3 Å². The number of aromatic nitrogens is 2. The van der Waals surface area contributed by atoms with E-state index in [1.54, 1.807) is 6.07 Å². The Bertz CT molecular complexity index is 702. The summed E-state index contributed by atoms with van der Waals surface area (Å²) in [5, 5.41) is 19.2. The number of aliphatic hydroxyl groups excluding tert-OH is 1. The number of aromatic amines is 1. The van der Waals surface area contributed by atoms with Crippen molar-refractivity contribution in [1.82, 2.24) is 9.55 Å². The summed E-state index contributed by atoms with van der Waals surface area (Å²) in [6.07, 6.45) is -1.04. The lowest BCUT2D eigenvalue weighted by molar-refractivity contribution is -0.154. The topological polar surface area (TPSA) is 134 Å². The largest absolute Gasteiger partial charge is 0.462 e. The molecule has 0 saturated carbocycles. The van der Waals surface area contributed by atoms with Crippen LogP contribution in [0.3, 0.4) is 0 Å². The Labute approximate surface area is 118 Å². The summed E-state index contributed by atoms with van der Waals surface area (Å²) in [4.78, 5) is 35.6. The molecule has 0 spiro atoms. The first kappa shape index (κ1) is 15.0. The summed E-state index contributed by atoms with van der Waals surface area (Å²) < 4.78 is 11.2. The Balaban J connectivity index is 2.27. The second kappa shape index (κ2) is 5.51. The van der Waals surface area contributed by atoms with E-state index in [4.69, 9.17) is 9.47 Å². The molecule has 3 atom stereocenters. The maximum Gasteiger partial charge on any atom is 0.330 e. The summed E-state index contributed by atoms with van der Waals surface area (Å²) in [6, 6.07) is 2.90. The molecule has 0 aliphatic carbocycles. The zero-order valence-corrected chi connectivity index (χ0v) is 11.1. The first-order valence-corrected chi connectivity index (χ1v) is 6.10. The lowest BCUT2D eigenvalue weighted by atomic mass is 10.00. The summed E-state index contributed by atoms with van der Waals surface area (Å²) in [7, 11) is 0. The fraction of sp³-hybridized carbons (Fsp3) is 0.500. The second-order valence-corrected chi connectivity index (χ2v) is 4.62. The van der Waals surface area contributed by atoms with Crippen LogP contribution >= 0.6 is 0 Å². The molecule has 1 aromatic rings. The average molecular weight is 295 g/mol. The lowest BCUT2D eigenvalue weighted by Crippen LogP contribution is -2.43. The van der Waals surface area contributed by atoms with Crippen LogP contribution in [0.2, 0.25) is 0 Å². The van der Waals surface area contributed by atoms with Gasteiger partial charge in [-0.1, -0.05) is 0 Å². The predicted octanol–water partition coefficient (Wildman–Crippen LogP) is -1.36. The third-order valence-corrected chi connectivity index (χ3v) is 3.15. The smallest absolute Gasteiger partial charge is 0.330 e. The monoisotopic (exact) mass is 295 g/mol. The molecule has 1 aliphatic rings. The number of nitrogens with one attached hydrogen (secondary N) is 1. The van der Waals surface area contributed by atoms with Gasteiger partial charge in [0.05, 0.1) is 0 Å². The number of hydrogen-bond acceptors (Lipinski definition) is 7. The van der Waals surface area contributed by atoms with Crippen molar-refractivity contribution in [3.63, 3.8) is 0 Å². The fourth-order valence-electron chi connectivity index (χ4n) is 2.05. The number of nitrogens with zero attached hydrogens (tertiary/aromatic N) is 2. The van der Waals surface area contributed by atoms with E-state index in [2.05, 4.69) is 0 Å². The number of ether oxygens (including phenoxy) is 2. The van der Waals surface area contributed by atoms with Gasteiger partial charge in [-0.3, -0.25) is 19.1 Å². The number of H-pyrrole nitrogens is 1. The Hall–Kier alpha value is -2.44. The van der Waals surface area contributed by atoms with Gasteiger partial charge in [0.2, 0.25) is 5.60 Å². The van der Waals surface area contributed by atoms with Crippen LogP contribution in [-0.4, -0.2) is 38.9 Å². The maximum atomic E-state index is 11.7. The molecule has 1 fully saturated rings. The molecule has 21 heavy (non-hydrogen) atoms. The molecule has 2 rings (SSSR count). The Kier molecular flexibility index (Phi) is 3.93. The standard InChI is InChI=1S/C12H13N3O6/c1-7(16)20-6-12(5-13)8(17)4-10(21-12)15-3-2-9(18)14-11(15)19/h2-3,8,10,17H,4,6H2,1H3,(H,14,18,19)/t8?,10-,12-/m0/s1. The van der Waals surface area contributed by atoms with Gasteiger partial charge in [-0.05, 0) is 0 Å². The molecule has 2 N–H and O–H groups in total. The SMILES string of the molecule is CC(=O)OC[C@]1(C#N)O[C@H](n2ccc(=O)[nH]c2=O)CC1O. The number of carbonyl (C=O) groups is 1. The highest BCUT2D eigenvalue weighted by atomic mass is 16.6. The van der Waals surface area contributed by atoms with Crippen molar-refractivity contribution in [2.75, 3.05) is 6.61 Å². The van der Waals surface area contributed by atoms with Gasteiger partial charge in [0.1, 0.15) is 25.0 Å². The zero-order valence-electron chi connectivity index (χ0n) is 11.1. The highest BCUT2D eigenvalue weighted by molar-refractivity contribution is 5.66. The van der Waals surface area contributed by atoms with Gasteiger partial charge in [-0.15, -0.1) is 0 Å². The molecule has 1 aliphatic heterocycles. The number of rotatable bonds is 3. The van der Waals surface area contributed by atoms with Crippen molar-refractivity contribution in [2.24, 2.45) is 0 Å². The molecule has 0 aromatic carbocycles. The molecule has 2 heterocycles. The number of nitriles is 1. The molecule has 9 nitrogen and oxygen atoms in total. The van der Waals surface area contributed by atoms with Crippen molar-refractivity contribution in [3.05, 3.63) is 33.1 Å². The molecular weight excluding hydrogens is 282 g/mol. The summed E-state index contributed by atoms with van der Waals surface area (Å²) in [5.41, 5.74) is -3.03. The van der Waals surface area contributed by atoms with Crippen LogP contribution in [0, 0.1) is 11.3 Å². The molecular formula is C12H13N3O6. The predicted molar refractivity (Wildman–Crippen MR) is 67.0 cm³/mol. The number of esters is 1. The first-order chi connectivity index (χ1) is 9.88. The molecule has 0 radical (unpaired) electrons.